The molecule has 5 rings (SSSR count). The fraction of sp³-hybridized carbons (Fsp3) is 0.355. The van der Waals surface area contributed by atoms with Gasteiger partial charge in [-0.25, -0.2) is 9.37 Å². The smallest absolute Gasteiger partial charge is 0.221 e. The first-order valence-corrected chi connectivity index (χ1v) is 13.7. The molecule has 3 aromatic carbocycles. The molecule has 1 aliphatic heterocycles. The first kappa shape index (κ1) is 26.4. The van der Waals surface area contributed by atoms with Gasteiger partial charge in [0, 0.05) is 24.2 Å². The zero-order valence-electron chi connectivity index (χ0n) is 22.2. The van der Waals surface area contributed by atoms with Crippen LogP contribution in [0.3, 0.4) is 0 Å². The van der Waals surface area contributed by atoms with Crippen LogP contribution in [0.2, 0.25) is 5.02 Å². The van der Waals surface area contributed by atoms with Crippen LogP contribution in [0.5, 0.6) is 0 Å². The van der Waals surface area contributed by atoms with Gasteiger partial charge in [0.05, 0.1) is 16.6 Å². The number of likely N-dealkylation sites (tertiary alicyclic amines) is 1. The van der Waals surface area contributed by atoms with E-state index in [1.165, 1.54) is 29.7 Å². The number of amides is 1. The first-order chi connectivity index (χ1) is 18.3. The molecule has 198 valence electrons. The van der Waals surface area contributed by atoms with E-state index in [9.17, 15) is 9.18 Å². The Hall–Kier alpha value is -3.22. The Morgan fingerprint density at radius 3 is 2.55 bits per heavy atom. The van der Waals surface area contributed by atoms with Crippen molar-refractivity contribution in [1.82, 2.24) is 14.5 Å². The minimum atomic E-state index is -0.354. The number of aromatic nitrogens is 2. The molecule has 1 saturated heterocycles. The van der Waals surface area contributed by atoms with Crippen LogP contribution in [-0.2, 0) is 11.3 Å². The van der Waals surface area contributed by atoms with Crippen LogP contribution >= 0.6 is 11.6 Å². The Morgan fingerprint density at radius 2 is 1.82 bits per heavy atom. The summed E-state index contributed by atoms with van der Waals surface area (Å²) in [6.07, 6.45) is 3.14. The van der Waals surface area contributed by atoms with Crippen molar-refractivity contribution in [1.29, 1.82) is 0 Å². The average Bonchev–Trinajstić information content (AvgIpc) is 3.21. The lowest BCUT2D eigenvalue weighted by atomic mass is 9.89. The van der Waals surface area contributed by atoms with Gasteiger partial charge in [-0.15, -0.1) is 0 Å². The van der Waals surface area contributed by atoms with Crippen molar-refractivity contribution in [3.05, 3.63) is 82.1 Å². The third-order valence-electron chi connectivity index (χ3n) is 7.66. The van der Waals surface area contributed by atoms with Crippen molar-refractivity contribution in [2.24, 2.45) is 0 Å². The van der Waals surface area contributed by atoms with Gasteiger partial charge in [0.2, 0.25) is 5.91 Å². The largest absolute Gasteiger partial charge is 0.326 e. The summed E-state index contributed by atoms with van der Waals surface area (Å²) in [4.78, 5) is 18.8. The molecule has 0 atom stereocenters. The molecule has 1 N–H and O–H groups in total. The van der Waals surface area contributed by atoms with Crippen molar-refractivity contribution in [3.8, 4) is 11.4 Å². The zero-order chi connectivity index (χ0) is 26.8. The molecule has 38 heavy (non-hydrogen) atoms. The second-order valence-corrected chi connectivity index (χ2v) is 10.8. The molecule has 0 spiro atoms. The lowest BCUT2D eigenvalue weighted by Crippen LogP contribution is -2.34. The number of carbonyl (C=O) groups excluding carboxylic acids is 1. The fourth-order valence-corrected chi connectivity index (χ4v) is 5.66. The van der Waals surface area contributed by atoms with Crippen LogP contribution in [-0.4, -0.2) is 40.0 Å². The van der Waals surface area contributed by atoms with Crippen molar-refractivity contribution >= 4 is 34.2 Å². The SMILES string of the molecule is CC(=O)Nc1cccc(C2CCN(CCCn3c(-c4ccc(Cl)cc4F)nc4cc(C)c(C)cc43)CC2)c1. The Balaban J connectivity index is 1.27. The fourth-order valence-electron chi connectivity index (χ4n) is 5.50. The van der Waals surface area contributed by atoms with E-state index in [1.54, 1.807) is 12.1 Å². The van der Waals surface area contributed by atoms with Gasteiger partial charge in [0.25, 0.3) is 0 Å². The Morgan fingerprint density at radius 1 is 1.05 bits per heavy atom. The van der Waals surface area contributed by atoms with Gasteiger partial charge in [-0.3, -0.25) is 4.79 Å². The molecule has 1 amide bonds. The predicted octanol–water partition coefficient (Wildman–Crippen LogP) is 7.34. The van der Waals surface area contributed by atoms with E-state index in [1.807, 2.05) is 12.1 Å². The first-order valence-electron chi connectivity index (χ1n) is 13.3. The number of aryl methyl sites for hydroxylation is 3. The number of halogens is 2. The van der Waals surface area contributed by atoms with E-state index in [2.05, 4.69) is 52.9 Å². The summed E-state index contributed by atoms with van der Waals surface area (Å²) >= 11 is 6.02. The number of fused-ring (bicyclic) bond motifs is 1. The summed E-state index contributed by atoms with van der Waals surface area (Å²) in [6, 6.07) is 17.3. The monoisotopic (exact) mass is 532 g/mol. The van der Waals surface area contributed by atoms with E-state index in [-0.39, 0.29) is 11.7 Å². The molecule has 1 aliphatic rings. The second-order valence-electron chi connectivity index (χ2n) is 10.4. The quantitative estimate of drug-likeness (QED) is 0.271. The number of rotatable bonds is 7. The number of nitrogens with one attached hydrogen (secondary N) is 1. The second kappa shape index (κ2) is 11.3. The number of piperidine rings is 1. The summed E-state index contributed by atoms with van der Waals surface area (Å²) < 4.78 is 17.1. The van der Waals surface area contributed by atoms with Crippen molar-refractivity contribution in [3.63, 3.8) is 0 Å². The zero-order valence-corrected chi connectivity index (χ0v) is 23.0. The number of carbonyl (C=O) groups is 1. The molecule has 2 heterocycles. The number of benzene rings is 3. The number of nitrogens with zero attached hydrogens (tertiary/aromatic N) is 3. The third-order valence-corrected chi connectivity index (χ3v) is 7.89. The van der Waals surface area contributed by atoms with Gasteiger partial charge in [0.15, 0.2) is 0 Å². The molecule has 0 bridgehead atoms. The molecular weight excluding hydrogens is 499 g/mol. The molecule has 0 saturated carbocycles. The molecule has 1 fully saturated rings. The topological polar surface area (TPSA) is 50.2 Å². The van der Waals surface area contributed by atoms with Crippen LogP contribution in [0.4, 0.5) is 10.1 Å². The van der Waals surface area contributed by atoms with E-state index < -0.39 is 0 Å². The van der Waals surface area contributed by atoms with E-state index in [4.69, 9.17) is 16.6 Å². The van der Waals surface area contributed by atoms with Crippen LogP contribution < -0.4 is 5.32 Å². The predicted molar refractivity (Wildman–Crippen MR) is 153 cm³/mol. The van der Waals surface area contributed by atoms with Gasteiger partial charge in [-0.2, -0.15) is 0 Å². The summed E-state index contributed by atoms with van der Waals surface area (Å²) in [7, 11) is 0. The lowest BCUT2D eigenvalue weighted by molar-refractivity contribution is -0.114. The van der Waals surface area contributed by atoms with Crippen LogP contribution in [0.25, 0.3) is 22.4 Å². The molecule has 5 nitrogen and oxygen atoms in total. The highest BCUT2D eigenvalue weighted by Crippen LogP contribution is 2.32. The van der Waals surface area contributed by atoms with E-state index in [0.29, 0.717) is 22.3 Å². The molecular formula is C31H34ClFN4O. The third kappa shape index (κ3) is 5.77. The summed E-state index contributed by atoms with van der Waals surface area (Å²) in [5.41, 5.74) is 6.93. The number of anilines is 1. The summed E-state index contributed by atoms with van der Waals surface area (Å²) in [6.45, 7) is 9.53. The lowest BCUT2D eigenvalue weighted by Gasteiger charge is -2.32. The van der Waals surface area contributed by atoms with Crippen LogP contribution in [0.15, 0.2) is 54.6 Å². The molecule has 1 aromatic heterocycles. The maximum absolute atomic E-state index is 14.9. The van der Waals surface area contributed by atoms with Gasteiger partial charge in [-0.05, 0) is 118 Å². The van der Waals surface area contributed by atoms with Crippen LogP contribution in [0.1, 0.15) is 48.8 Å². The van der Waals surface area contributed by atoms with Crippen LogP contribution in [0, 0.1) is 19.7 Å². The molecule has 4 aromatic rings. The summed E-state index contributed by atoms with van der Waals surface area (Å²) in [5, 5.41) is 3.27. The van der Waals surface area contributed by atoms with E-state index in [0.717, 1.165) is 62.2 Å². The minimum Gasteiger partial charge on any atom is -0.326 e. The summed E-state index contributed by atoms with van der Waals surface area (Å²) in [5.74, 6) is 0.752. The highest BCUT2D eigenvalue weighted by Gasteiger charge is 2.22. The number of hydrogen-bond donors (Lipinski definition) is 1. The highest BCUT2D eigenvalue weighted by molar-refractivity contribution is 6.30. The van der Waals surface area contributed by atoms with Gasteiger partial charge in [0.1, 0.15) is 11.6 Å². The average molecular weight is 533 g/mol. The maximum atomic E-state index is 14.9. The van der Waals surface area contributed by atoms with Crippen molar-refractivity contribution < 1.29 is 9.18 Å². The highest BCUT2D eigenvalue weighted by atomic mass is 35.5. The standard InChI is InChI=1S/C31H34ClFN4O/c1-20-16-29-30(17-21(20)2)37(31(35-29)27-9-8-25(32)19-28(27)33)13-5-12-36-14-10-23(11-15-36)24-6-4-7-26(18-24)34-22(3)38/h4,6-9,16-19,23H,5,10-15H2,1-3H3,(H,34,38). The minimum absolute atomic E-state index is 0.0464. The maximum Gasteiger partial charge on any atom is 0.221 e. The molecule has 0 radical (unpaired) electrons. The molecule has 7 heteroatoms. The molecule has 0 unspecified atom stereocenters. The Bertz CT molecular complexity index is 1470. The number of imidazole rings is 1. The number of hydrogen-bond acceptors (Lipinski definition) is 3. The Labute approximate surface area is 228 Å². The normalized spacial score (nSPS) is 14.8. The van der Waals surface area contributed by atoms with Crippen molar-refractivity contribution in [2.45, 2.75) is 52.5 Å². The Kier molecular flexibility index (Phi) is 7.82. The van der Waals surface area contributed by atoms with Gasteiger partial charge >= 0.3 is 0 Å². The molecule has 0 aliphatic carbocycles. The van der Waals surface area contributed by atoms with Crippen molar-refractivity contribution in [2.75, 3.05) is 25.0 Å². The van der Waals surface area contributed by atoms with Gasteiger partial charge < -0.3 is 14.8 Å². The van der Waals surface area contributed by atoms with Gasteiger partial charge in [-0.1, -0.05) is 23.7 Å². The van der Waals surface area contributed by atoms with E-state index >= 15 is 0 Å².